The zero-order chi connectivity index (χ0) is 16.6. The standard InChI is InChI=1S/C15H21NO6/c1-20-9-12(10-21-2)15(16,13(17)18)14(19)22-8-11-6-4-3-5-7-11/h3-7,12H,8-10,16H2,1-2H3,(H,17,18). The van der Waals surface area contributed by atoms with Crippen LogP contribution in [0.2, 0.25) is 0 Å². The van der Waals surface area contributed by atoms with E-state index in [1.165, 1.54) is 14.2 Å². The molecule has 0 spiro atoms. The molecule has 1 unspecified atom stereocenters. The summed E-state index contributed by atoms with van der Waals surface area (Å²) in [5, 5.41) is 9.39. The van der Waals surface area contributed by atoms with Gasteiger partial charge in [-0.15, -0.1) is 0 Å². The fraction of sp³-hybridized carbons (Fsp3) is 0.467. The van der Waals surface area contributed by atoms with Crippen molar-refractivity contribution in [2.24, 2.45) is 11.7 Å². The Kier molecular flexibility index (Phi) is 6.97. The summed E-state index contributed by atoms with van der Waals surface area (Å²) in [6.07, 6.45) is 0. The van der Waals surface area contributed by atoms with Gasteiger partial charge in [0.1, 0.15) is 6.61 Å². The molecule has 0 bridgehead atoms. The molecule has 0 saturated heterocycles. The molecule has 0 aliphatic rings. The smallest absolute Gasteiger partial charge is 0.338 e. The van der Waals surface area contributed by atoms with Crippen molar-refractivity contribution in [2.45, 2.75) is 12.1 Å². The van der Waals surface area contributed by atoms with Gasteiger partial charge in [0.25, 0.3) is 0 Å². The number of methoxy groups -OCH3 is 2. The van der Waals surface area contributed by atoms with E-state index in [1.807, 2.05) is 6.07 Å². The quantitative estimate of drug-likeness (QED) is 0.502. The summed E-state index contributed by atoms with van der Waals surface area (Å²) in [5.41, 5.74) is 4.33. The maximum atomic E-state index is 12.2. The Balaban J connectivity index is 2.87. The van der Waals surface area contributed by atoms with Crippen LogP contribution in [0.25, 0.3) is 0 Å². The largest absolute Gasteiger partial charge is 0.479 e. The van der Waals surface area contributed by atoms with Gasteiger partial charge in [0, 0.05) is 20.1 Å². The minimum atomic E-state index is -2.24. The molecule has 1 rings (SSSR count). The highest BCUT2D eigenvalue weighted by Crippen LogP contribution is 2.20. The highest BCUT2D eigenvalue weighted by molar-refractivity contribution is 6.04. The molecule has 0 aliphatic heterocycles. The molecule has 22 heavy (non-hydrogen) atoms. The van der Waals surface area contributed by atoms with Crippen LogP contribution in [0.1, 0.15) is 5.56 Å². The van der Waals surface area contributed by atoms with Crippen LogP contribution >= 0.6 is 0 Å². The molecule has 7 nitrogen and oxygen atoms in total. The second-order valence-corrected chi connectivity index (χ2v) is 4.84. The highest BCUT2D eigenvalue weighted by Gasteiger charge is 2.51. The minimum Gasteiger partial charge on any atom is -0.479 e. The summed E-state index contributed by atoms with van der Waals surface area (Å²) in [6, 6.07) is 8.91. The van der Waals surface area contributed by atoms with E-state index in [4.69, 9.17) is 19.9 Å². The molecule has 0 saturated carbocycles. The van der Waals surface area contributed by atoms with E-state index in [1.54, 1.807) is 24.3 Å². The van der Waals surface area contributed by atoms with Crippen LogP contribution in [0.4, 0.5) is 0 Å². The van der Waals surface area contributed by atoms with Gasteiger partial charge in [0.2, 0.25) is 5.54 Å². The fourth-order valence-electron chi connectivity index (χ4n) is 1.98. The summed E-state index contributed by atoms with van der Waals surface area (Å²) in [4.78, 5) is 23.8. The average Bonchev–Trinajstić information content (AvgIpc) is 2.52. The van der Waals surface area contributed by atoms with Crippen molar-refractivity contribution in [1.82, 2.24) is 0 Å². The van der Waals surface area contributed by atoms with Gasteiger partial charge >= 0.3 is 11.9 Å². The molecule has 7 heteroatoms. The number of carbonyl (C=O) groups excluding carboxylic acids is 1. The zero-order valence-electron chi connectivity index (χ0n) is 12.7. The zero-order valence-corrected chi connectivity index (χ0v) is 12.7. The summed E-state index contributed by atoms with van der Waals surface area (Å²) in [6.45, 7) is -0.146. The molecular weight excluding hydrogens is 290 g/mol. The maximum absolute atomic E-state index is 12.2. The van der Waals surface area contributed by atoms with Gasteiger partial charge in [-0.25, -0.2) is 9.59 Å². The van der Waals surface area contributed by atoms with Crippen molar-refractivity contribution in [3.8, 4) is 0 Å². The summed E-state index contributed by atoms with van der Waals surface area (Å²) in [7, 11) is 2.78. The third-order valence-electron chi connectivity index (χ3n) is 3.28. The lowest BCUT2D eigenvalue weighted by molar-refractivity contribution is -0.167. The molecule has 122 valence electrons. The highest BCUT2D eigenvalue weighted by atomic mass is 16.5. The van der Waals surface area contributed by atoms with Gasteiger partial charge in [0.15, 0.2) is 0 Å². The van der Waals surface area contributed by atoms with Crippen molar-refractivity contribution in [2.75, 3.05) is 27.4 Å². The van der Waals surface area contributed by atoms with Crippen molar-refractivity contribution in [3.05, 3.63) is 35.9 Å². The number of carboxylic acids is 1. The Morgan fingerprint density at radius 2 is 1.73 bits per heavy atom. The first-order chi connectivity index (χ1) is 10.5. The first-order valence-electron chi connectivity index (χ1n) is 6.68. The van der Waals surface area contributed by atoms with E-state index in [-0.39, 0.29) is 19.8 Å². The van der Waals surface area contributed by atoms with E-state index in [2.05, 4.69) is 0 Å². The number of esters is 1. The second-order valence-electron chi connectivity index (χ2n) is 4.84. The van der Waals surface area contributed by atoms with Crippen molar-refractivity contribution >= 4 is 11.9 Å². The lowest BCUT2D eigenvalue weighted by atomic mass is 9.85. The molecule has 1 aromatic rings. The molecule has 1 aromatic carbocycles. The van der Waals surface area contributed by atoms with E-state index < -0.39 is 23.4 Å². The van der Waals surface area contributed by atoms with E-state index >= 15 is 0 Å². The number of benzene rings is 1. The second kappa shape index (κ2) is 8.47. The number of nitrogens with two attached hydrogens (primary N) is 1. The van der Waals surface area contributed by atoms with Crippen molar-refractivity contribution in [3.63, 3.8) is 0 Å². The van der Waals surface area contributed by atoms with Gasteiger partial charge in [-0.3, -0.25) is 0 Å². The Morgan fingerprint density at radius 1 is 1.18 bits per heavy atom. The van der Waals surface area contributed by atoms with Crippen LogP contribution in [-0.2, 0) is 30.4 Å². The Labute approximate surface area is 129 Å². The van der Waals surface area contributed by atoms with Gasteiger partial charge in [-0.05, 0) is 5.56 Å². The van der Waals surface area contributed by atoms with Crippen molar-refractivity contribution in [1.29, 1.82) is 0 Å². The van der Waals surface area contributed by atoms with E-state index in [0.717, 1.165) is 5.56 Å². The molecule has 0 radical (unpaired) electrons. The fourth-order valence-corrected chi connectivity index (χ4v) is 1.98. The number of hydrogen-bond acceptors (Lipinski definition) is 6. The van der Waals surface area contributed by atoms with E-state index in [9.17, 15) is 14.7 Å². The molecule has 1 atom stereocenters. The predicted octanol–water partition coefficient (Wildman–Crippen LogP) is 0.421. The number of aliphatic carboxylic acids is 1. The minimum absolute atomic E-state index is 0.0446. The molecule has 0 aromatic heterocycles. The van der Waals surface area contributed by atoms with Gasteiger partial charge in [-0.1, -0.05) is 30.3 Å². The lowest BCUT2D eigenvalue weighted by Crippen LogP contribution is -2.63. The molecule has 3 N–H and O–H groups in total. The van der Waals surface area contributed by atoms with Crippen LogP contribution in [0.15, 0.2) is 30.3 Å². The van der Waals surface area contributed by atoms with Gasteiger partial charge < -0.3 is 25.1 Å². The average molecular weight is 311 g/mol. The molecule has 0 heterocycles. The number of carboxylic acid groups (broad SMARTS) is 1. The Morgan fingerprint density at radius 3 is 2.18 bits per heavy atom. The van der Waals surface area contributed by atoms with E-state index in [0.29, 0.717) is 0 Å². The maximum Gasteiger partial charge on any atom is 0.338 e. The van der Waals surface area contributed by atoms with Crippen LogP contribution in [-0.4, -0.2) is 50.0 Å². The number of hydrogen-bond donors (Lipinski definition) is 2. The van der Waals surface area contributed by atoms with Crippen LogP contribution < -0.4 is 5.73 Å². The SMILES string of the molecule is COCC(COC)C(N)(C(=O)O)C(=O)OCc1ccccc1. The molecule has 0 fully saturated rings. The number of carbonyl (C=O) groups is 2. The van der Waals surface area contributed by atoms with Gasteiger partial charge in [0.05, 0.1) is 13.2 Å². The van der Waals surface area contributed by atoms with Crippen LogP contribution in [0.5, 0.6) is 0 Å². The third-order valence-corrected chi connectivity index (χ3v) is 3.28. The Bertz CT molecular complexity index is 486. The summed E-state index contributed by atoms with van der Waals surface area (Å²) < 4.78 is 14.9. The summed E-state index contributed by atoms with van der Waals surface area (Å²) in [5.74, 6) is -3.38. The number of ether oxygens (including phenoxy) is 3. The van der Waals surface area contributed by atoms with Crippen molar-refractivity contribution < 1.29 is 28.9 Å². The third kappa shape index (κ3) is 4.27. The molecular formula is C15H21NO6. The predicted molar refractivity (Wildman–Crippen MR) is 78.0 cm³/mol. The number of rotatable bonds is 9. The molecule has 0 amide bonds. The first-order valence-corrected chi connectivity index (χ1v) is 6.68. The Hall–Kier alpha value is -1.96. The van der Waals surface area contributed by atoms with Gasteiger partial charge in [-0.2, -0.15) is 0 Å². The van der Waals surface area contributed by atoms with Crippen LogP contribution in [0.3, 0.4) is 0 Å². The monoisotopic (exact) mass is 311 g/mol. The first kappa shape index (κ1) is 18.1. The summed E-state index contributed by atoms with van der Waals surface area (Å²) >= 11 is 0. The topological polar surface area (TPSA) is 108 Å². The normalized spacial score (nSPS) is 13.6. The molecule has 0 aliphatic carbocycles. The van der Waals surface area contributed by atoms with Crippen LogP contribution in [0, 0.1) is 5.92 Å². The lowest BCUT2D eigenvalue weighted by Gasteiger charge is -2.30.